The van der Waals surface area contributed by atoms with Crippen molar-refractivity contribution in [2.75, 3.05) is 13.2 Å². The third-order valence-corrected chi connectivity index (χ3v) is 8.34. The Morgan fingerprint density at radius 3 is 2.31 bits per heavy atom. The van der Waals surface area contributed by atoms with E-state index < -0.39 is 23.8 Å². The number of rotatable bonds is 5. The van der Waals surface area contributed by atoms with Crippen molar-refractivity contribution in [2.45, 2.75) is 29.8 Å². The van der Waals surface area contributed by atoms with Crippen molar-refractivity contribution in [1.82, 2.24) is 0 Å². The van der Waals surface area contributed by atoms with Crippen LogP contribution in [-0.4, -0.2) is 37.7 Å². The zero-order valence-electron chi connectivity index (χ0n) is 19.2. The van der Waals surface area contributed by atoms with Gasteiger partial charge in [-0.25, -0.2) is 4.79 Å². The van der Waals surface area contributed by atoms with Crippen LogP contribution in [0.25, 0.3) is 0 Å². The van der Waals surface area contributed by atoms with Gasteiger partial charge in [-0.3, -0.25) is 0 Å². The van der Waals surface area contributed by atoms with E-state index in [0.29, 0.717) is 13.2 Å². The van der Waals surface area contributed by atoms with Crippen molar-refractivity contribution in [3.05, 3.63) is 114 Å². The lowest BCUT2D eigenvalue weighted by Crippen LogP contribution is -2.65. The summed E-state index contributed by atoms with van der Waals surface area (Å²) in [6.07, 6.45) is -0.0386. The molecular weight excluding hydrogens is 440 g/mol. The molecule has 176 valence electrons. The zero-order valence-corrected chi connectivity index (χ0v) is 19.2. The quantitative estimate of drug-likeness (QED) is 0.407. The van der Waals surface area contributed by atoms with Gasteiger partial charge in [0.2, 0.25) is 0 Å². The molecule has 0 amide bonds. The molecule has 3 aromatic carbocycles. The molecule has 5 heteroatoms. The summed E-state index contributed by atoms with van der Waals surface area (Å²) in [7, 11) is 0. The highest BCUT2D eigenvalue weighted by atomic mass is 16.7. The van der Waals surface area contributed by atoms with Crippen molar-refractivity contribution >= 4 is 5.97 Å². The Labute approximate surface area is 204 Å². The van der Waals surface area contributed by atoms with Crippen LogP contribution in [0, 0.1) is 11.8 Å². The van der Waals surface area contributed by atoms with Crippen LogP contribution in [0.4, 0.5) is 0 Å². The molecule has 5 nitrogen and oxygen atoms in total. The average molecular weight is 467 g/mol. The third kappa shape index (κ3) is 2.85. The standard InChI is InChI=1S/C30H26O5/c1-2-24(31)35-28-27-26(23-16-32-29(28)34-23)25-19-12-6-8-14-21(19)30(27,22-15-9-7-13-20(22)25)17-33-18-10-4-3-5-11-18/h2-15,23,25-29H,1,16-17H2/t23-,25?,26+,27-,28+,29-,30?/m1/s1. The van der Waals surface area contributed by atoms with Gasteiger partial charge >= 0.3 is 5.97 Å². The van der Waals surface area contributed by atoms with Crippen LogP contribution in [0.5, 0.6) is 5.75 Å². The lowest BCUT2D eigenvalue weighted by atomic mass is 9.44. The van der Waals surface area contributed by atoms with E-state index in [1.807, 2.05) is 30.3 Å². The first-order valence-corrected chi connectivity index (χ1v) is 12.2. The fourth-order valence-electron chi connectivity index (χ4n) is 7.18. The minimum atomic E-state index is -0.600. The normalized spacial score (nSPS) is 33.3. The smallest absolute Gasteiger partial charge is 0.330 e. The van der Waals surface area contributed by atoms with E-state index in [1.54, 1.807) is 0 Å². The summed E-state index contributed by atoms with van der Waals surface area (Å²) in [6.45, 7) is 4.53. The first-order valence-electron chi connectivity index (χ1n) is 12.2. The van der Waals surface area contributed by atoms with Gasteiger partial charge < -0.3 is 18.9 Å². The second kappa shape index (κ2) is 7.80. The minimum Gasteiger partial charge on any atom is -0.492 e. The van der Waals surface area contributed by atoms with E-state index in [1.165, 1.54) is 28.3 Å². The van der Waals surface area contributed by atoms with Gasteiger partial charge in [-0.2, -0.15) is 0 Å². The van der Waals surface area contributed by atoms with Gasteiger partial charge in [-0.1, -0.05) is 73.3 Å². The minimum absolute atomic E-state index is 0.0730. The number of carbonyl (C=O) groups excluding carboxylic acids is 1. The lowest BCUT2D eigenvalue weighted by molar-refractivity contribution is -0.226. The molecule has 3 aliphatic carbocycles. The van der Waals surface area contributed by atoms with Gasteiger partial charge in [0.15, 0.2) is 12.4 Å². The van der Waals surface area contributed by atoms with Crippen molar-refractivity contribution in [3.63, 3.8) is 0 Å². The highest BCUT2D eigenvalue weighted by Crippen LogP contribution is 2.66. The molecule has 0 N–H and O–H groups in total. The van der Waals surface area contributed by atoms with Crippen LogP contribution in [0.1, 0.15) is 28.2 Å². The number of fused-ring (bicyclic) bond motifs is 2. The van der Waals surface area contributed by atoms with E-state index >= 15 is 0 Å². The van der Waals surface area contributed by atoms with E-state index in [-0.39, 0.29) is 23.9 Å². The molecule has 0 unspecified atom stereocenters. The molecule has 5 aliphatic rings. The summed E-state index contributed by atoms with van der Waals surface area (Å²) in [5.41, 5.74) is 4.53. The SMILES string of the molecule is C=CC(=O)O[C@@H]1[C@@H]2OC[C@@H](O2)[C@H]2C3c4ccccc4C(COc4ccccc4)(c4ccccc43)[C@@H]12. The molecule has 0 spiro atoms. The summed E-state index contributed by atoms with van der Waals surface area (Å²) in [5.74, 6) is 0.487. The summed E-state index contributed by atoms with van der Waals surface area (Å²) in [6, 6.07) is 27.2. The van der Waals surface area contributed by atoms with Gasteiger partial charge in [0.25, 0.3) is 0 Å². The van der Waals surface area contributed by atoms with Crippen LogP contribution < -0.4 is 4.74 Å². The number of hydrogen-bond donors (Lipinski definition) is 0. The van der Waals surface area contributed by atoms with Crippen LogP contribution in [0.15, 0.2) is 91.5 Å². The summed E-state index contributed by atoms with van der Waals surface area (Å²) in [5, 5.41) is 0. The number of hydrogen-bond acceptors (Lipinski definition) is 5. The first kappa shape index (κ1) is 20.9. The molecular formula is C30H26O5. The maximum absolute atomic E-state index is 12.5. The molecule has 8 rings (SSSR count). The molecule has 2 heterocycles. The van der Waals surface area contributed by atoms with Gasteiger partial charge in [0.05, 0.1) is 18.1 Å². The molecule has 0 aromatic heterocycles. The van der Waals surface area contributed by atoms with Gasteiger partial charge in [-0.05, 0) is 34.4 Å². The first-order chi connectivity index (χ1) is 17.2. The molecule has 5 atom stereocenters. The molecule has 4 bridgehead atoms. The highest BCUT2D eigenvalue weighted by Gasteiger charge is 2.68. The Bertz CT molecular complexity index is 1250. The van der Waals surface area contributed by atoms with Crippen LogP contribution >= 0.6 is 0 Å². The molecule has 0 saturated carbocycles. The number of para-hydroxylation sites is 1. The predicted molar refractivity (Wildman–Crippen MR) is 129 cm³/mol. The Morgan fingerprint density at radius 2 is 1.63 bits per heavy atom. The molecule has 35 heavy (non-hydrogen) atoms. The number of ether oxygens (including phenoxy) is 4. The Hall–Kier alpha value is -3.41. The molecule has 3 aromatic rings. The second-order valence-corrected chi connectivity index (χ2v) is 9.81. The zero-order chi connectivity index (χ0) is 23.6. The van der Waals surface area contributed by atoms with Gasteiger partial charge in [0.1, 0.15) is 12.4 Å². The van der Waals surface area contributed by atoms with E-state index in [4.69, 9.17) is 18.9 Å². The van der Waals surface area contributed by atoms with Gasteiger partial charge in [0, 0.05) is 23.8 Å². The summed E-state index contributed by atoms with van der Waals surface area (Å²) in [4.78, 5) is 12.5. The monoisotopic (exact) mass is 466 g/mol. The predicted octanol–water partition coefficient (Wildman–Crippen LogP) is 4.60. The molecule has 2 saturated heterocycles. The van der Waals surface area contributed by atoms with Crippen molar-refractivity contribution in [1.29, 1.82) is 0 Å². The van der Waals surface area contributed by atoms with Crippen molar-refractivity contribution < 1.29 is 23.7 Å². The Kier molecular flexibility index (Phi) is 4.66. The Morgan fingerprint density at radius 1 is 0.971 bits per heavy atom. The van der Waals surface area contributed by atoms with Crippen molar-refractivity contribution in [3.8, 4) is 5.75 Å². The Balaban J connectivity index is 1.47. The van der Waals surface area contributed by atoms with Crippen LogP contribution in [0.2, 0.25) is 0 Å². The molecule has 0 radical (unpaired) electrons. The van der Waals surface area contributed by atoms with Crippen molar-refractivity contribution in [2.24, 2.45) is 11.8 Å². The number of carbonyl (C=O) groups is 1. The third-order valence-electron chi connectivity index (χ3n) is 8.34. The maximum atomic E-state index is 12.5. The lowest BCUT2D eigenvalue weighted by Gasteiger charge is -2.61. The largest absolute Gasteiger partial charge is 0.492 e. The van der Waals surface area contributed by atoms with Crippen LogP contribution in [0.3, 0.4) is 0 Å². The molecule has 2 aliphatic heterocycles. The molecule has 2 fully saturated rings. The van der Waals surface area contributed by atoms with E-state index in [0.717, 1.165) is 5.75 Å². The summed E-state index contributed by atoms with van der Waals surface area (Å²) < 4.78 is 25.0. The van der Waals surface area contributed by atoms with E-state index in [9.17, 15) is 4.79 Å². The second-order valence-electron chi connectivity index (χ2n) is 9.81. The highest BCUT2D eigenvalue weighted by molar-refractivity contribution is 5.81. The number of esters is 1. The van der Waals surface area contributed by atoms with Crippen LogP contribution in [-0.2, 0) is 24.4 Å². The topological polar surface area (TPSA) is 54.0 Å². The number of benzene rings is 3. The van der Waals surface area contributed by atoms with Gasteiger partial charge in [-0.15, -0.1) is 0 Å². The maximum Gasteiger partial charge on any atom is 0.330 e. The summed E-state index contributed by atoms with van der Waals surface area (Å²) >= 11 is 0. The van der Waals surface area contributed by atoms with E-state index in [2.05, 4.69) is 55.1 Å². The average Bonchev–Trinajstić information content (AvgIpc) is 3.35. The fourth-order valence-corrected chi connectivity index (χ4v) is 7.18. The fraction of sp³-hybridized carbons (Fsp3) is 0.300.